The van der Waals surface area contributed by atoms with Crippen LogP contribution < -0.4 is 4.74 Å². The molecule has 6 nitrogen and oxygen atoms in total. The molecule has 28 heavy (non-hydrogen) atoms. The van der Waals surface area contributed by atoms with Crippen LogP contribution in [0.25, 0.3) is 0 Å². The van der Waals surface area contributed by atoms with Crippen molar-refractivity contribution in [2.75, 3.05) is 26.7 Å². The summed E-state index contributed by atoms with van der Waals surface area (Å²) in [7, 11) is -2.30. The lowest BCUT2D eigenvalue weighted by Crippen LogP contribution is -2.32. The summed E-state index contributed by atoms with van der Waals surface area (Å²) in [5, 5.41) is 2.01. The molecule has 0 aliphatic carbocycles. The topological polar surface area (TPSA) is 66.9 Å². The van der Waals surface area contributed by atoms with Crippen LogP contribution >= 0.6 is 11.3 Å². The predicted octanol–water partition coefficient (Wildman–Crippen LogP) is 3.76. The van der Waals surface area contributed by atoms with Crippen molar-refractivity contribution in [3.05, 3.63) is 46.2 Å². The first-order valence-electron chi connectivity index (χ1n) is 9.46. The minimum atomic E-state index is -3.74. The van der Waals surface area contributed by atoms with Crippen molar-refractivity contribution < 1.29 is 17.9 Å². The van der Waals surface area contributed by atoms with Crippen LogP contribution in [0.5, 0.6) is 5.75 Å². The third-order valence-electron chi connectivity index (χ3n) is 5.12. The normalized spacial score (nSPS) is 17.3. The third-order valence-corrected chi connectivity index (χ3v) is 8.16. The Labute approximate surface area is 170 Å². The van der Waals surface area contributed by atoms with Crippen molar-refractivity contribution in [2.45, 2.75) is 37.6 Å². The smallest absolute Gasteiger partial charge is 0.254 e. The summed E-state index contributed by atoms with van der Waals surface area (Å²) in [6.07, 6.45) is 1.86. The Bertz CT molecular complexity index is 922. The SMILES string of the molecule is CCN(CC)S(=O)(=O)c1cc(C(=O)N2CCCC2c2cccs2)ccc1OC. The van der Waals surface area contributed by atoms with Gasteiger partial charge in [-0.2, -0.15) is 4.31 Å². The largest absolute Gasteiger partial charge is 0.495 e. The number of rotatable bonds is 7. The number of sulfonamides is 1. The van der Waals surface area contributed by atoms with Crippen LogP contribution in [0, 0.1) is 0 Å². The summed E-state index contributed by atoms with van der Waals surface area (Å²) in [5.41, 5.74) is 0.370. The van der Waals surface area contributed by atoms with Gasteiger partial charge in [0.05, 0.1) is 13.2 Å². The summed E-state index contributed by atoms with van der Waals surface area (Å²) >= 11 is 1.64. The van der Waals surface area contributed by atoms with Gasteiger partial charge in [0.2, 0.25) is 10.0 Å². The molecule has 0 radical (unpaired) electrons. The van der Waals surface area contributed by atoms with Crippen molar-refractivity contribution in [1.82, 2.24) is 9.21 Å². The first-order valence-corrected chi connectivity index (χ1v) is 11.8. The molecule has 0 saturated carbocycles. The minimum Gasteiger partial charge on any atom is -0.495 e. The van der Waals surface area contributed by atoms with E-state index in [1.165, 1.54) is 17.5 Å². The van der Waals surface area contributed by atoms with Crippen LogP contribution in [0.1, 0.15) is 48.0 Å². The highest BCUT2D eigenvalue weighted by Gasteiger charge is 2.33. The zero-order valence-corrected chi connectivity index (χ0v) is 18.1. The van der Waals surface area contributed by atoms with Gasteiger partial charge in [-0.25, -0.2) is 8.42 Å². The van der Waals surface area contributed by atoms with E-state index in [0.29, 0.717) is 25.2 Å². The van der Waals surface area contributed by atoms with Gasteiger partial charge in [0.25, 0.3) is 5.91 Å². The van der Waals surface area contributed by atoms with Crippen molar-refractivity contribution in [3.63, 3.8) is 0 Å². The van der Waals surface area contributed by atoms with E-state index in [1.807, 2.05) is 22.4 Å². The lowest BCUT2D eigenvalue weighted by molar-refractivity contribution is 0.0737. The highest BCUT2D eigenvalue weighted by atomic mass is 32.2. The molecule has 1 unspecified atom stereocenters. The zero-order chi connectivity index (χ0) is 20.3. The van der Waals surface area contributed by atoms with E-state index in [-0.39, 0.29) is 22.6 Å². The van der Waals surface area contributed by atoms with Gasteiger partial charge in [-0.15, -0.1) is 11.3 Å². The van der Waals surface area contributed by atoms with Crippen molar-refractivity contribution in [1.29, 1.82) is 0 Å². The van der Waals surface area contributed by atoms with Crippen LogP contribution in [0.4, 0.5) is 0 Å². The molecule has 8 heteroatoms. The van der Waals surface area contributed by atoms with E-state index >= 15 is 0 Å². The molecule has 2 heterocycles. The molecule has 1 aliphatic rings. The maximum Gasteiger partial charge on any atom is 0.254 e. The molecule has 1 aromatic heterocycles. The van der Waals surface area contributed by atoms with Gasteiger partial charge < -0.3 is 9.64 Å². The molecule has 1 atom stereocenters. The summed E-state index contributed by atoms with van der Waals surface area (Å²) < 4.78 is 32.7. The summed E-state index contributed by atoms with van der Waals surface area (Å²) in [6.45, 7) is 4.96. The standard InChI is InChI=1S/C20H26N2O4S2/c1-4-21(5-2)28(24,25)19-14-15(10-11-17(19)26-3)20(23)22-12-6-8-16(22)18-9-7-13-27-18/h7,9-11,13-14,16H,4-6,8,12H2,1-3H3. The molecule has 0 N–H and O–H groups in total. The Morgan fingerprint density at radius 3 is 2.64 bits per heavy atom. The van der Waals surface area contributed by atoms with Crippen LogP contribution in [-0.2, 0) is 10.0 Å². The van der Waals surface area contributed by atoms with Gasteiger partial charge in [-0.3, -0.25) is 4.79 Å². The molecular formula is C20H26N2O4S2. The number of thiophene rings is 1. The Hall–Kier alpha value is -1.90. The zero-order valence-electron chi connectivity index (χ0n) is 16.4. The van der Waals surface area contributed by atoms with E-state index in [9.17, 15) is 13.2 Å². The number of carbonyl (C=O) groups is 1. The third kappa shape index (κ3) is 3.81. The Kier molecular flexibility index (Phi) is 6.42. The molecule has 3 rings (SSSR count). The number of nitrogens with zero attached hydrogens (tertiary/aromatic N) is 2. The summed E-state index contributed by atoms with van der Waals surface area (Å²) in [5.74, 6) is 0.106. The molecule has 0 bridgehead atoms. The summed E-state index contributed by atoms with van der Waals surface area (Å²) in [6, 6.07) is 8.76. The van der Waals surface area contributed by atoms with Gasteiger partial charge in [0.15, 0.2) is 0 Å². The van der Waals surface area contributed by atoms with Crippen LogP contribution in [0.2, 0.25) is 0 Å². The van der Waals surface area contributed by atoms with E-state index < -0.39 is 10.0 Å². The molecule has 1 amide bonds. The molecular weight excluding hydrogens is 396 g/mol. The molecule has 1 aromatic carbocycles. The van der Waals surface area contributed by atoms with Crippen molar-refractivity contribution in [2.24, 2.45) is 0 Å². The number of likely N-dealkylation sites (tertiary alicyclic amines) is 1. The molecule has 1 fully saturated rings. The molecule has 1 aliphatic heterocycles. The Morgan fingerprint density at radius 1 is 1.29 bits per heavy atom. The van der Waals surface area contributed by atoms with Crippen molar-refractivity contribution in [3.8, 4) is 5.75 Å². The minimum absolute atomic E-state index is 0.0384. The second-order valence-electron chi connectivity index (χ2n) is 6.63. The number of benzene rings is 1. The maximum absolute atomic E-state index is 13.2. The van der Waals surface area contributed by atoms with Gasteiger partial charge in [-0.1, -0.05) is 19.9 Å². The average molecular weight is 423 g/mol. The van der Waals surface area contributed by atoms with Gasteiger partial charge in [0.1, 0.15) is 10.6 Å². The fourth-order valence-electron chi connectivity index (χ4n) is 3.67. The molecule has 152 valence electrons. The number of ether oxygens (including phenoxy) is 1. The second kappa shape index (κ2) is 8.63. The highest BCUT2D eigenvalue weighted by Crippen LogP contribution is 2.36. The van der Waals surface area contributed by atoms with Gasteiger partial charge in [-0.05, 0) is 42.5 Å². The average Bonchev–Trinajstić information content (AvgIpc) is 3.39. The number of methoxy groups -OCH3 is 1. The van der Waals surface area contributed by atoms with Crippen molar-refractivity contribution >= 4 is 27.3 Å². The number of amides is 1. The van der Waals surface area contributed by atoms with Gasteiger partial charge >= 0.3 is 0 Å². The van der Waals surface area contributed by atoms with Crippen LogP contribution in [0.3, 0.4) is 0 Å². The maximum atomic E-state index is 13.2. The quantitative estimate of drug-likeness (QED) is 0.681. The molecule has 1 saturated heterocycles. The lowest BCUT2D eigenvalue weighted by Gasteiger charge is -2.25. The molecule has 0 spiro atoms. The predicted molar refractivity (Wildman–Crippen MR) is 110 cm³/mol. The van der Waals surface area contributed by atoms with E-state index in [4.69, 9.17) is 4.74 Å². The number of carbonyl (C=O) groups excluding carboxylic acids is 1. The summed E-state index contributed by atoms with van der Waals surface area (Å²) in [4.78, 5) is 16.3. The fraction of sp³-hybridized carbons (Fsp3) is 0.450. The monoisotopic (exact) mass is 422 g/mol. The van der Waals surface area contributed by atoms with Crippen LogP contribution in [-0.4, -0.2) is 50.3 Å². The van der Waals surface area contributed by atoms with E-state index in [0.717, 1.165) is 17.7 Å². The second-order valence-corrected chi connectivity index (χ2v) is 9.51. The van der Waals surface area contributed by atoms with Gasteiger partial charge in [0, 0.05) is 30.1 Å². The number of hydrogen-bond acceptors (Lipinski definition) is 5. The Balaban J connectivity index is 1.98. The van der Waals surface area contributed by atoms with E-state index in [1.54, 1.807) is 37.3 Å². The molecule has 2 aromatic rings. The first kappa shape index (κ1) is 20.8. The highest BCUT2D eigenvalue weighted by molar-refractivity contribution is 7.89. The fourth-order valence-corrected chi connectivity index (χ4v) is 6.18. The number of hydrogen-bond donors (Lipinski definition) is 0. The first-order chi connectivity index (χ1) is 13.4. The Morgan fingerprint density at radius 2 is 2.04 bits per heavy atom. The lowest BCUT2D eigenvalue weighted by atomic mass is 10.1. The van der Waals surface area contributed by atoms with E-state index in [2.05, 4.69) is 0 Å². The van der Waals surface area contributed by atoms with Crippen LogP contribution in [0.15, 0.2) is 40.6 Å².